The maximum absolute atomic E-state index is 11.8. The van der Waals surface area contributed by atoms with Gasteiger partial charge in [0.05, 0.1) is 0 Å². The Morgan fingerprint density at radius 1 is 0.909 bits per heavy atom. The van der Waals surface area contributed by atoms with E-state index in [1.54, 1.807) is 25.1 Å². The molecule has 0 atom stereocenters. The van der Waals surface area contributed by atoms with Crippen molar-refractivity contribution in [3.05, 3.63) is 59.7 Å². The molecule has 0 saturated heterocycles. The molecule has 0 aliphatic rings. The molecule has 0 aromatic heterocycles. The number of para-hydroxylation sites is 1. The van der Waals surface area contributed by atoms with Gasteiger partial charge in [0, 0.05) is 16.9 Å². The molecule has 0 aliphatic carbocycles. The van der Waals surface area contributed by atoms with Gasteiger partial charge in [0.15, 0.2) is 0 Å². The van der Waals surface area contributed by atoms with Gasteiger partial charge in [-0.2, -0.15) is 0 Å². The summed E-state index contributed by atoms with van der Waals surface area (Å²) < 4.78 is 0. The van der Waals surface area contributed by atoms with E-state index in [2.05, 4.69) is 5.32 Å². The smallest absolute Gasteiger partial charge is 0.316 e. The number of carbonyl (C=O) groups is 3. The first-order chi connectivity index (χ1) is 10.5. The quantitative estimate of drug-likeness (QED) is 0.577. The number of imide groups is 1. The second-order valence-corrected chi connectivity index (χ2v) is 4.67. The van der Waals surface area contributed by atoms with E-state index in [0.717, 1.165) is 5.56 Å². The normalized spacial score (nSPS) is 9.86. The Hall–Kier alpha value is -3.15. The zero-order valence-electron chi connectivity index (χ0n) is 11.9. The first-order valence-corrected chi connectivity index (χ1v) is 6.55. The van der Waals surface area contributed by atoms with Gasteiger partial charge >= 0.3 is 11.8 Å². The molecule has 2 aromatic rings. The number of nitrogens with one attached hydrogen (secondary N) is 2. The Bertz CT molecular complexity index is 724. The SMILES string of the molecule is Cc1ccccc1NC(=O)C(=O)NC(=O)c1ccc(N)cc1. The third kappa shape index (κ3) is 3.69. The Labute approximate surface area is 127 Å². The van der Waals surface area contributed by atoms with Crippen LogP contribution in [0.5, 0.6) is 0 Å². The molecule has 0 heterocycles. The fourth-order valence-electron chi connectivity index (χ4n) is 1.76. The van der Waals surface area contributed by atoms with Crippen LogP contribution in [0, 0.1) is 6.92 Å². The van der Waals surface area contributed by atoms with Crippen molar-refractivity contribution < 1.29 is 14.4 Å². The molecule has 0 saturated carbocycles. The van der Waals surface area contributed by atoms with Crippen molar-refractivity contribution in [2.45, 2.75) is 6.92 Å². The number of nitrogen functional groups attached to an aromatic ring is 1. The van der Waals surface area contributed by atoms with E-state index in [1.165, 1.54) is 24.3 Å². The van der Waals surface area contributed by atoms with Crippen LogP contribution in [0.25, 0.3) is 0 Å². The van der Waals surface area contributed by atoms with Crippen LogP contribution in [0.1, 0.15) is 15.9 Å². The summed E-state index contributed by atoms with van der Waals surface area (Å²) in [7, 11) is 0. The summed E-state index contributed by atoms with van der Waals surface area (Å²) in [6.45, 7) is 1.80. The molecule has 0 fully saturated rings. The third-order valence-electron chi connectivity index (χ3n) is 3.00. The van der Waals surface area contributed by atoms with E-state index in [0.29, 0.717) is 11.4 Å². The fourth-order valence-corrected chi connectivity index (χ4v) is 1.76. The number of hydrogen-bond acceptors (Lipinski definition) is 4. The summed E-state index contributed by atoms with van der Waals surface area (Å²) in [5, 5.41) is 4.48. The Morgan fingerprint density at radius 3 is 2.18 bits per heavy atom. The second-order valence-electron chi connectivity index (χ2n) is 4.67. The van der Waals surface area contributed by atoms with Gasteiger partial charge in [-0.25, -0.2) is 0 Å². The minimum absolute atomic E-state index is 0.242. The van der Waals surface area contributed by atoms with E-state index in [-0.39, 0.29) is 5.56 Å². The molecule has 0 unspecified atom stereocenters. The monoisotopic (exact) mass is 297 g/mol. The molecule has 6 heteroatoms. The Morgan fingerprint density at radius 2 is 1.55 bits per heavy atom. The summed E-state index contributed by atoms with van der Waals surface area (Å²) >= 11 is 0. The molecule has 0 radical (unpaired) electrons. The number of hydrogen-bond donors (Lipinski definition) is 3. The molecule has 0 bridgehead atoms. The molecule has 6 nitrogen and oxygen atoms in total. The molecule has 2 aromatic carbocycles. The van der Waals surface area contributed by atoms with E-state index >= 15 is 0 Å². The average Bonchev–Trinajstić information content (AvgIpc) is 2.50. The lowest BCUT2D eigenvalue weighted by molar-refractivity contribution is -0.135. The maximum Gasteiger partial charge on any atom is 0.316 e. The highest BCUT2D eigenvalue weighted by molar-refractivity contribution is 6.42. The van der Waals surface area contributed by atoms with Gasteiger partial charge in [-0.05, 0) is 42.8 Å². The van der Waals surface area contributed by atoms with E-state index in [1.807, 2.05) is 11.4 Å². The van der Waals surface area contributed by atoms with Gasteiger partial charge in [0.25, 0.3) is 5.91 Å². The second kappa shape index (κ2) is 6.53. The zero-order valence-corrected chi connectivity index (χ0v) is 11.9. The number of anilines is 2. The Kier molecular flexibility index (Phi) is 4.53. The lowest BCUT2D eigenvalue weighted by Crippen LogP contribution is -2.39. The van der Waals surface area contributed by atoms with Gasteiger partial charge in [0.1, 0.15) is 0 Å². The minimum atomic E-state index is -1.02. The first kappa shape index (κ1) is 15.2. The predicted molar refractivity (Wildman–Crippen MR) is 83.1 cm³/mol. The first-order valence-electron chi connectivity index (χ1n) is 6.55. The van der Waals surface area contributed by atoms with Crippen LogP contribution < -0.4 is 16.4 Å². The van der Waals surface area contributed by atoms with Crippen LogP contribution in [0.2, 0.25) is 0 Å². The van der Waals surface area contributed by atoms with Crippen LogP contribution in [0.3, 0.4) is 0 Å². The van der Waals surface area contributed by atoms with Crippen molar-refractivity contribution in [1.29, 1.82) is 0 Å². The van der Waals surface area contributed by atoms with Gasteiger partial charge in [0.2, 0.25) is 0 Å². The van der Waals surface area contributed by atoms with Crippen molar-refractivity contribution in [1.82, 2.24) is 5.32 Å². The molecular weight excluding hydrogens is 282 g/mol. The van der Waals surface area contributed by atoms with Crippen LogP contribution in [-0.2, 0) is 9.59 Å². The van der Waals surface area contributed by atoms with Crippen LogP contribution in [-0.4, -0.2) is 17.7 Å². The summed E-state index contributed by atoms with van der Waals surface area (Å²) in [5.74, 6) is -2.59. The highest BCUT2D eigenvalue weighted by Crippen LogP contribution is 2.12. The van der Waals surface area contributed by atoms with Gasteiger partial charge < -0.3 is 11.1 Å². The maximum atomic E-state index is 11.8. The van der Waals surface area contributed by atoms with Crippen molar-refractivity contribution in [3.63, 3.8) is 0 Å². The third-order valence-corrected chi connectivity index (χ3v) is 3.00. The summed E-state index contributed by atoms with van der Waals surface area (Å²) in [6.07, 6.45) is 0. The summed E-state index contributed by atoms with van der Waals surface area (Å²) in [6, 6.07) is 13.0. The number of aryl methyl sites for hydroxylation is 1. The molecular formula is C16H15N3O3. The summed E-state index contributed by atoms with van der Waals surface area (Å²) in [5.41, 5.74) is 7.59. The molecule has 22 heavy (non-hydrogen) atoms. The van der Waals surface area contributed by atoms with E-state index < -0.39 is 17.7 Å². The largest absolute Gasteiger partial charge is 0.399 e. The number of amides is 3. The highest BCUT2D eigenvalue weighted by Gasteiger charge is 2.18. The van der Waals surface area contributed by atoms with Gasteiger partial charge in [-0.1, -0.05) is 18.2 Å². The van der Waals surface area contributed by atoms with Crippen LogP contribution >= 0.6 is 0 Å². The Balaban J connectivity index is 1.99. The van der Waals surface area contributed by atoms with E-state index in [9.17, 15) is 14.4 Å². The highest BCUT2D eigenvalue weighted by atomic mass is 16.2. The zero-order chi connectivity index (χ0) is 16.1. The van der Waals surface area contributed by atoms with Crippen molar-refractivity contribution >= 4 is 29.1 Å². The van der Waals surface area contributed by atoms with Gasteiger partial charge in [-0.15, -0.1) is 0 Å². The molecule has 0 spiro atoms. The topological polar surface area (TPSA) is 101 Å². The average molecular weight is 297 g/mol. The lowest BCUT2D eigenvalue weighted by atomic mass is 10.2. The standard InChI is InChI=1S/C16H15N3O3/c1-10-4-2-3-5-13(10)18-15(21)16(22)19-14(20)11-6-8-12(17)9-7-11/h2-9H,17H2,1H3,(H,18,21)(H,19,20,22). The van der Waals surface area contributed by atoms with Crippen molar-refractivity contribution in [2.75, 3.05) is 11.1 Å². The lowest BCUT2D eigenvalue weighted by Gasteiger charge is -2.08. The number of carbonyl (C=O) groups excluding carboxylic acids is 3. The summed E-state index contributed by atoms with van der Waals surface area (Å²) in [4.78, 5) is 35.4. The number of rotatable bonds is 2. The number of benzene rings is 2. The molecule has 4 N–H and O–H groups in total. The van der Waals surface area contributed by atoms with Crippen LogP contribution in [0.4, 0.5) is 11.4 Å². The predicted octanol–water partition coefficient (Wildman–Crippen LogP) is 1.47. The fraction of sp³-hybridized carbons (Fsp3) is 0.0625. The molecule has 2 rings (SSSR count). The van der Waals surface area contributed by atoms with Crippen molar-refractivity contribution in [2.24, 2.45) is 0 Å². The van der Waals surface area contributed by atoms with Gasteiger partial charge in [-0.3, -0.25) is 19.7 Å². The molecule has 3 amide bonds. The van der Waals surface area contributed by atoms with Crippen molar-refractivity contribution in [3.8, 4) is 0 Å². The molecule has 112 valence electrons. The minimum Gasteiger partial charge on any atom is -0.399 e. The number of nitrogens with two attached hydrogens (primary N) is 1. The van der Waals surface area contributed by atoms with Crippen LogP contribution in [0.15, 0.2) is 48.5 Å². The van der Waals surface area contributed by atoms with E-state index in [4.69, 9.17) is 5.73 Å². The molecule has 0 aliphatic heterocycles.